The highest BCUT2D eigenvalue weighted by Crippen LogP contribution is 2.27. The number of aromatic nitrogens is 1. The van der Waals surface area contributed by atoms with Crippen LogP contribution in [0.3, 0.4) is 0 Å². The molecule has 26 heavy (non-hydrogen) atoms. The average Bonchev–Trinajstić information content (AvgIpc) is 3.18. The summed E-state index contributed by atoms with van der Waals surface area (Å²) in [6.45, 7) is 0. The largest absolute Gasteiger partial charge is 0.497 e. The average molecular weight is 361 g/mol. The lowest BCUT2D eigenvalue weighted by Gasteiger charge is -2.06. The number of esters is 1. The first-order valence-electron chi connectivity index (χ1n) is 8.04. The van der Waals surface area contributed by atoms with Gasteiger partial charge in [-0.05, 0) is 35.0 Å². The van der Waals surface area contributed by atoms with E-state index in [1.165, 1.54) is 11.3 Å². The van der Waals surface area contributed by atoms with Crippen molar-refractivity contribution in [3.8, 4) is 22.1 Å². The van der Waals surface area contributed by atoms with Gasteiger partial charge in [0.25, 0.3) is 0 Å². The second-order valence-electron chi connectivity index (χ2n) is 5.67. The summed E-state index contributed by atoms with van der Waals surface area (Å²) >= 11 is 1.42. The van der Waals surface area contributed by atoms with Crippen molar-refractivity contribution in [3.63, 3.8) is 0 Å². The minimum absolute atomic E-state index is 0.305. The Morgan fingerprint density at radius 3 is 2.42 bits per heavy atom. The quantitative estimate of drug-likeness (QED) is 0.371. The number of ether oxygens (including phenoxy) is 2. The third-order valence-electron chi connectivity index (χ3n) is 3.96. The SMILES string of the molecule is COc1ccc2ccc(OC(=O)c3csc(-c4ccccc4)n3)cc2c1. The number of nitrogens with zero attached hydrogens (tertiary/aromatic N) is 1. The maximum Gasteiger partial charge on any atom is 0.363 e. The summed E-state index contributed by atoms with van der Waals surface area (Å²) in [5.74, 6) is 0.767. The molecule has 5 heteroatoms. The van der Waals surface area contributed by atoms with E-state index in [1.807, 2.05) is 60.7 Å². The van der Waals surface area contributed by atoms with Crippen LogP contribution < -0.4 is 9.47 Å². The fourth-order valence-corrected chi connectivity index (χ4v) is 3.43. The lowest BCUT2D eigenvalue weighted by atomic mass is 10.1. The second kappa shape index (κ2) is 6.98. The number of hydrogen-bond acceptors (Lipinski definition) is 5. The minimum Gasteiger partial charge on any atom is -0.497 e. The molecule has 0 amide bonds. The van der Waals surface area contributed by atoms with Gasteiger partial charge in [-0.15, -0.1) is 11.3 Å². The van der Waals surface area contributed by atoms with Gasteiger partial charge in [0.2, 0.25) is 0 Å². The van der Waals surface area contributed by atoms with E-state index in [0.717, 1.165) is 27.1 Å². The molecule has 0 atom stereocenters. The number of hydrogen-bond donors (Lipinski definition) is 0. The van der Waals surface area contributed by atoms with E-state index in [4.69, 9.17) is 9.47 Å². The standard InChI is InChI=1S/C21H15NO3S/c1-24-17-9-7-14-8-10-18(12-16(14)11-17)25-21(23)19-13-26-20(22-19)15-5-3-2-4-6-15/h2-13H,1H3. The van der Waals surface area contributed by atoms with E-state index in [1.54, 1.807) is 18.6 Å². The Morgan fingerprint density at radius 1 is 0.923 bits per heavy atom. The zero-order valence-corrected chi connectivity index (χ0v) is 14.8. The molecular formula is C21H15NO3S. The van der Waals surface area contributed by atoms with Crippen LogP contribution in [0.2, 0.25) is 0 Å². The maximum absolute atomic E-state index is 12.4. The number of thiazole rings is 1. The molecule has 0 aliphatic rings. The van der Waals surface area contributed by atoms with Gasteiger partial charge in [0.05, 0.1) is 7.11 Å². The molecule has 0 fully saturated rings. The third-order valence-corrected chi connectivity index (χ3v) is 4.85. The molecule has 0 saturated heterocycles. The first-order chi connectivity index (χ1) is 12.7. The second-order valence-corrected chi connectivity index (χ2v) is 6.53. The predicted molar refractivity (Wildman–Crippen MR) is 103 cm³/mol. The van der Waals surface area contributed by atoms with Crippen LogP contribution in [-0.2, 0) is 0 Å². The number of benzene rings is 3. The molecule has 4 nitrogen and oxygen atoms in total. The van der Waals surface area contributed by atoms with Crippen LogP contribution in [0.4, 0.5) is 0 Å². The van der Waals surface area contributed by atoms with Crippen LogP contribution in [0.25, 0.3) is 21.3 Å². The van der Waals surface area contributed by atoms with Crippen molar-refractivity contribution in [2.45, 2.75) is 0 Å². The van der Waals surface area contributed by atoms with Gasteiger partial charge in [0.15, 0.2) is 5.69 Å². The van der Waals surface area contributed by atoms with Crippen molar-refractivity contribution in [1.29, 1.82) is 0 Å². The summed E-state index contributed by atoms with van der Waals surface area (Å²) in [6.07, 6.45) is 0. The van der Waals surface area contributed by atoms with E-state index in [-0.39, 0.29) is 0 Å². The van der Waals surface area contributed by atoms with Gasteiger partial charge < -0.3 is 9.47 Å². The first-order valence-corrected chi connectivity index (χ1v) is 8.92. The van der Waals surface area contributed by atoms with Crippen LogP contribution >= 0.6 is 11.3 Å². The molecule has 3 aromatic carbocycles. The number of rotatable bonds is 4. The fourth-order valence-electron chi connectivity index (χ4n) is 2.63. The van der Waals surface area contributed by atoms with E-state index in [2.05, 4.69) is 4.98 Å². The Hall–Kier alpha value is -3.18. The molecule has 4 aromatic rings. The third kappa shape index (κ3) is 3.30. The molecule has 0 bridgehead atoms. The smallest absolute Gasteiger partial charge is 0.363 e. The number of fused-ring (bicyclic) bond motifs is 1. The minimum atomic E-state index is -0.467. The Labute approximate surface area is 154 Å². The van der Waals surface area contributed by atoms with Crippen molar-refractivity contribution in [2.75, 3.05) is 7.11 Å². The van der Waals surface area contributed by atoms with Crippen LogP contribution in [0.15, 0.2) is 72.1 Å². The zero-order chi connectivity index (χ0) is 17.9. The van der Waals surface area contributed by atoms with Gasteiger partial charge in [-0.3, -0.25) is 0 Å². The first kappa shape index (κ1) is 16.3. The summed E-state index contributed by atoms with van der Waals surface area (Å²) in [7, 11) is 1.62. The Kier molecular flexibility index (Phi) is 4.37. The molecular weight excluding hydrogens is 346 g/mol. The monoisotopic (exact) mass is 361 g/mol. The summed E-state index contributed by atoms with van der Waals surface area (Å²) in [4.78, 5) is 16.8. The zero-order valence-electron chi connectivity index (χ0n) is 14.0. The molecule has 1 heterocycles. The number of carbonyl (C=O) groups is 1. The lowest BCUT2D eigenvalue weighted by Crippen LogP contribution is -2.08. The highest BCUT2D eigenvalue weighted by Gasteiger charge is 2.14. The molecule has 1 aromatic heterocycles. The van der Waals surface area contributed by atoms with Crippen LogP contribution in [0.1, 0.15) is 10.5 Å². The van der Waals surface area contributed by atoms with E-state index >= 15 is 0 Å². The maximum atomic E-state index is 12.4. The Balaban J connectivity index is 1.56. The van der Waals surface area contributed by atoms with Crippen molar-refractivity contribution in [1.82, 2.24) is 4.98 Å². The van der Waals surface area contributed by atoms with Crippen molar-refractivity contribution < 1.29 is 14.3 Å². The predicted octanol–water partition coefficient (Wildman–Crippen LogP) is 5.19. The molecule has 0 radical (unpaired) electrons. The van der Waals surface area contributed by atoms with E-state index in [0.29, 0.717) is 11.4 Å². The molecule has 0 aliphatic carbocycles. The molecule has 128 valence electrons. The summed E-state index contributed by atoms with van der Waals surface area (Å²) < 4.78 is 10.7. The van der Waals surface area contributed by atoms with Gasteiger partial charge in [-0.2, -0.15) is 0 Å². The van der Waals surface area contributed by atoms with Gasteiger partial charge in [0, 0.05) is 10.9 Å². The van der Waals surface area contributed by atoms with Crippen LogP contribution in [-0.4, -0.2) is 18.1 Å². The number of methoxy groups -OCH3 is 1. The summed E-state index contributed by atoms with van der Waals surface area (Å²) in [5.41, 5.74) is 1.29. The molecule has 4 rings (SSSR count). The Bertz CT molecular complexity index is 1070. The van der Waals surface area contributed by atoms with Crippen LogP contribution in [0.5, 0.6) is 11.5 Å². The topological polar surface area (TPSA) is 48.4 Å². The highest BCUT2D eigenvalue weighted by atomic mass is 32.1. The van der Waals surface area contributed by atoms with Gasteiger partial charge in [-0.1, -0.05) is 42.5 Å². The molecule has 0 aliphatic heterocycles. The van der Waals surface area contributed by atoms with Gasteiger partial charge in [-0.25, -0.2) is 9.78 Å². The number of carbonyl (C=O) groups excluding carboxylic acids is 1. The van der Waals surface area contributed by atoms with Crippen molar-refractivity contribution >= 4 is 28.1 Å². The fraction of sp³-hybridized carbons (Fsp3) is 0.0476. The normalized spacial score (nSPS) is 10.7. The molecule has 0 unspecified atom stereocenters. The molecule has 0 N–H and O–H groups in total. The molecule has 0 saturated carbocycles. The van der Waals surface area contributed by atoms with Crippen LogP contribution in [0, 0.1) is 0 Å². The van der Waals surface area contributed by atoms with Gasteiger partial charge >= 0.3 is 5.97 Å². The van der Waals surface area contributed by atoms with E-state index in [9.17, 15) is 4.79 Å². The van der Waals surface area contributed by atoms with Gasteiger partial charge in [0.1, 0.15) is 16.5 Å². The lowest BCUT2D eigenvalue weighted by molar-refractivity contribution is 0.0730. The Morgan fingerprint density at radius 2 is 1.65 bits per heavy atom. The summed E-state index contributed by atoms with van der Waals surface area (Å²) in [5, 5.41) is 4.50. The van der Waals surface area contributed by atoms with Crippen molar-refractivity contribution in [3.05, 3.63) is 77.8 Å². The summed E-state index contributed by atoms with van der Waals surface area (Å²) in [6, 6.07) is 21.0. The highest BCUT2D eigenvalue weighted by molar-refractivity contribution is 7.13. The molecule has 0 spiro atoms. The van der Waals surface area contributed by atoms with Crippen molar-refractivity contribution in [2.24, 2.45) is 0 Å². The van der Waals surface area contributed by atoms with E-state index < -0.39 is 5.97 Å².